The minimum Gasteiger partial charge on any atom is -0.496 e. The fraction of sp³-hybridized carbons (Fsp3) is 0.500. The number of methoxy groups -OCH3 is 1. The van der Waals surface area contributed by atoms with Gasteiger partial charge in [0.05, 0.1) is 19.8 Å². The maximum atomic E-state index is 5.64. The first-order valence-electron chi connectivity index (χ1n) is 7.09. The molecule has 0 N–H and O–H groups in total. The van der Waals surface area contributed by atoms with E-state index in [9.17, 15) is 0 Å². The second kappa shape index (κ2) is 7.43. The highest BCUT2D eigenvalue weighted by Crippen LogP contribution is 2.29. The van der Waals surface area contributed by atoms with Gasteiger partial charge in [-0.15, -0.1) is 5.10 Å². The van der Waals surface area contributed by atoms with E-state index in [2.05, 4.69) is 37.5 Å². The summed E-state index contributed by atoms with van der Waals surface area (Å²) >= 11 is 5.09. The van der Waals surface area contributed by atoms with Gasteiger partial charge < -0.3 is 9.47 Å². The van der Waals surface area contributed by atoms with Gasteiger partial charge in [0.2, 0.25) is 5.16 Å². The molecule has 0 amide bonds. The monoisotopic (exact) mass is 384 g/mol. The van der Waals surface area contributed by atoms with Gasteiger partial charge in [-0.3, -0.25) is 0 Å². The number of aromatic nitrogens is 4. The summed E-state index contributed by atoms with van der Waals surface area (Å²) in [6.07, 6.45) is 2.41. The normalized spacial score (nSPS) is 17.8. The summed E-state index contributed by atoms with van der Waals surface area (Å²) in [5, 5.41) is 12.8. The van der Waals surface area contributed by atoms with Crippen LogP contribution < -0.4 is 4.74 Å². The summed E-state index contributed by atoms with van der Waals surface area (Å²) < 4.78 is 13.9. The van der Waals surface area contributed by atoms with E-state index in [1.54, 1.807) is 18.9 Å². The van der Waals surface area contributed by atoms with Crippen LogP contribution in [-0.4, -0.2) is 40.0 Å². The van der Waals surface area contributed by atoms with E-state index in [0.717, 1.165) is 46.1 Å². The number of tetrazole rings is 1. The number of hydrogen-bond donors (Lipinski definition) is 0. The molecule has 0 bridgehead atoms. The van der Waals surface area contributed by atoms with E-state index in [1.165, 1.54) is 0 Å². The number of hydrogen-bond acceptors (Lipinski definition) is 6. The average Bonchev–Trinajstić information content (AvgIpc) is 3.18. The second-order valence-electron chi connectivity index (χ2n) is 5.02. The molecule has 0 radical (unpaired) electrons. The zero-order chi connectivity index (χ0) is 15.4. The lowest BCUT2D eigenvalue weighted by atomic mass is 10.2. The van der Waals surface area contributed by atoms with Gasteiger partial charge >= 0.3 is 0 Å². The summed E-state index contributed by atoms with van der Waals surface area (Å²) in [5.74, 6) is 1.61. The summed E-state index contributed by atoms with van der Waals surface area (Å²) in [4.78, 5) is 0. The maximum absolute atomic E-state index is 5.64. The third kappa shape index (κ3) is 3.80. The molecule has 0 aliphatic carbocycles. The summed E-state index contributed by atoms with van der Waals surface area (Å²) in [6, 6.07) is 5.98. The Hall–Kier alpha value is -1.12. The molecule has 2 aromatic rings. The molecule has 2 heterocycles. The van der Waals surface area contributed by atoms with Crippen LogP contribution >= 0.6 is 27.7 Å². The van der Waals surface area contributed by atoms with Crippen molar-refractivity contribution in [3.05, 3.63) is 28.2 Å². The van der Waals surface area contributed by atoms with Crippen molar-refractivity contribution in [3.63, 3.8) is 0 Å². The molecule has 1 unspecified atom stereocenters. The molecular formula is C14H17BrN4O2S. The zero-order valence-corrected chi connectivity index (χ0v) is 14.6. The van der Waals surface area contributed by atoms with E-state index in [1.807, 2.05) is 16.8 Å². The van der Waals surface area contributed by atoms with E-state index < -0.39 is 0 Å². The lowest BCUT2D eigenvalue weighted by molar-refractivity contribution is 0.0912. The Balaban J connectivity index is 1.66. The van der Waals surface area contributed by atoms with Crippen LogP contribution in [0.4, 0.5) is 0 Å². The van der Waals surface area contributed by atoms with Crippen LogP contribution in [0.5, 0.6) is 5.75 Å². The average molecular weight is 385 g/mol. The molecule has 1 aliphatic heterocycles. The largest absolute Gasteiger partial charge is 0.496 e. The minimum absolute atomic E-state index is 0.225. The van der Waals surface area contributed by atoms with Gasteiger partial charge in [-0.25, -0.2) is 4.68 Å². The molecule has 1 aromatic heterocycles. The van der Waals surface area contributed by atoms with Gasteiger partial charge in [0.1, 0.15) is 5.75 Å². The van der Waals surface area contributed by atoms with Crippen LogP contribution in [0.15, 0.2) is 27.8 Å². The van der Waals surface area contributed by atoms with Crippen molar-refractivity contribution in [1.29, 1.82) is 0 Å². The number of benzene rings is 1. The Morgan fingerprint density at radius 3 is 3.18 bits per heavy atom. The quantitative estimate of drug-likeness (QED) is 0.713. The predicted molar refractivity (Wildman–Crippen MR) is 87.0 cm³/mol. The molecule has 1 saturated heterocycles. The zero-order valence-electron chi connectivity index (χ0n) is 12.2. The van der Waals surface area contributed by atoms with Crippen molar-refractivity contribution in [1.82, 2.24) is 20.2 Å². The van der Waals surface area contributed by atoms with Gasteiger partial charge in [0.15, 0.2) is 0 Å². The van der Waals surface area contributed by atoms with Gasteiger partial charge in [-0.1, -0.05) is 27.7 Å². The van der Waals surface area contributed by atoms with Crippen molar-refractivity contribution in [2.24, 2.45) is 0 Å². The molecular weight excluding hydrogens is 368 g/mol. The number of ether oxygens (including phenoxy) is 2. The standard InChI is InChI=1S/C14H17BrN4O2S/c1-20-13-5-4-11(15)7-10(13)9-22-14-16-17-18-19(14)8-12-3-2-6-21-12/h4-5,7,12H,2-3,6,8-9H2,1H3. The molecule has 6 nitrogen and oxygen atoms in total. The molecule has 1 atom stereocenters. The highest BCUT2D eigenvalue weighted by atomic mass is 79.9. The van der Waals surface area contributed by atoms with E-state index in [4.69, 9.17) is 9.47 Å². The number of rotatable bonds is 6. The first kappa shape index (κ1) is 15.8. The molecule has 1 fully saturated rings. The van der Waals surface area contributed by atoms with Crippen molar-refractivity contribution in [2.75, 3.05) is 13.7 Å². The Morgan fingerprint density at radius 2 is 2.41 bits per heavy atom. The van der Waals surface area contributed by atoms with Crippen molar-refractivity contribution in [2.45, 2.75) is 36.4 Å². The molecule has 0 saturated carbocycles. The second-order valence-corrected chi connectivity index (χ2v) is 6.88. The first-order chi connectivity index (χ1) is 10.8. The van der Waals surface area contributed by atoms with Crippen LogP contribution in [0.1, 0.15) is 18.4 Å². The summed E-state index contributed by atoms with van der Waals surface area (Å²) in [6.45, 7) is 1.55. The lowest BCUT2D eigenvalue weighted by Gasteiger charge is -2.11. The molecule has 8 heteroatoms. The topological polar surface area (TPSA) is 62.1 Å². The smallest absolute Gasteiger partial charge is 0.209 e. The van der Waals surface area contributed by atoms with Crippen LogP contribution in [0, 0.1) is 0 Å². The van der Waals surface area contributed by atoms with Crippen LogP contribution in [0.3, 0.4) is 0 Å². The fourth-order valence-corrected chi connectivity index (χ4v) is 3.67. The Labute approximate surface area is 141 Å². The van der Waals surface area contributed by atoms with Crippen molar-refractivity contribution >= 4 is 27.7 Å². The SMILES string of the molecule is COc1ccc(Br)cc1CSc1nnnn1CC1CCCO1. The molecule has 3 rings (SSSR count). The van der Waals surface area contributed by atoms with Crippen LogP contribution in [-0.2, 0) is 17.0 Å². The molecule has 118 valence electrons. The molecule has 22 heavy (non-hydrogen) atoms. The fourth-order valence-electron chi connectivity index (χ4n) is 2.40. The predicted octanol–water partition coefficient (Wildman–Crippen LogP) is 2.92. The Bertz CT molecular complexity index is 631. The highest BCUT2D eigenvalue weighted by Gasteiger charge is 2.19. The van der Waals surface area contributed by atoms with Crippen molar-refractivity contribution in [3.8, 4) is 5.75 Å². The van der Waals surface area contributed by atoms with Gasteiger partial charge in [0.25, 0.3) is 0 Å². The molecule has 0 spiro atoms. The van der Waals surface area contributed by atoms with Gasteiger partial charge in [-0.05, 0) is 41.5 Å². The van der Waals surface area contributed by atoms with Crippen molar-refractivity contribution < 1.29 is 9.47 Å². The number of nitrogens with zero attached hydrogens (tertiary/aromatic N) is 4. The lowest BCUT2D eigenvalue weighted by Crippen LogP contribution is -2.16. The van der Waals surface area contributed by atoms with Gasteiger partial charge in [-0.2, -0.15) is 0 Å². The summed E-state index contributed by atoms with van der Waals surface area (Å²) in [5.41, 5.74) is 1.11. The Morgan fingerprint density at radius 1 is 1.50 bits per heavy atom. The molecule has 1 aromatic carbocycles. The highest BCUT2D eigenvalue weighted by molar-refractivity contribution is 9.10. The third-order valence-corrected chi connectivity index (χ3v) is 5.00. The minimum atomic E-state index is 0.225. The number of halogens is 1. The van der Waals surface area contributed by atoms with E-state index >= 15 is 0 Å². The van der Waals surface area contributed by atoms with Gasteiger partial charge in [0, 0.05) is 22.4 Å². The van der Waals surface area contributed by atoms with E-state index in [-0.39, 0.29) is 6.10 Å². The van der Waals surface area contributed by atoms with Crippen LogP contribution in [0.25, 0.3) is 0 Å². The van der Waals surface area contributed by atoms with Crippen LogP contribution in [0.2, 0.25) is 0 Å². The number of thioether (sulfide) groups is 1. The summed E-state index contributed by atoms with van der Waals surface area (Å²) in [7, 11) is 1.68. The third-order valence-electron chi connectivity index (χ3n) is 3.50. The molecule has 1 aliphatic rings. The maximum Gasteiger partial charge on any atom is 0.209 e. The first-order valence-corrected chi connectivity index (χ1v) is 8.87. The van der Waals surface area contributed by atoms with E-state index in [0.29, 0.717) is 6.54 Å². The Kier molecular flexibility index (Phi) is 5.32.